The largest absolute Gasteiger partial charge is 0.207 e. The van der Waals surface area contributed by atoms with Gasteiger partial charge in [-0.2, -0.15) is 0 Å². The van der Waals surface area contributed by atoms with Crippen LogP contribution in [0.5, 0.6) is 0 Å². The first-order valence-electron chi connectivity index (χ1n) is 8.69. The van der Waals surface area contributed by atoms with Crippen molar-refractivity contribution in [2.24, 2.45) is 0 Å². The van der Waals surface area contributed by atoms with E-state index >= 15 is 0 Å². The molecule has 0 bridgehead atoms. The third-order valence-corrected chi connectivity index (χ3v) is 5.35. The van der Waals surface area contributed by atoms with E-state index < -0.39 is 0 Å². The van der Waals surface area contributed by atoms with Gasteiger partial charge >= 0.3 is 0 Å². The van der Waals surface area contributed by atoms with E-state index in [-0.39, 0.29) is 17.5 Å². The fourth-order valence-electron chi connectivity index (χ4n) is 2.15. The third kappa shape index (κ3) is 7.58. The second-order valence-corrected chi connectivity index (χ2v) is 7.73. The second kappa shape index (κ2) is 11.5. The van der Waals surface area contributed by atoms with Crippen LogP contribution in [0.1, 0.15) is 27.8 Å². The Morgan fingerprint density at radius 3 is 1.62 bits per heavy atom. The fourth-order valence-corrected chi connectivity index (χ4v) is 2.72. The summed E-state index contributed by atoms with van der Waals surface area (Å²) in [4.78, 5) is 0. The van der Waals surface area contributed by atoms with Crippen LogP contribution in [0.25, 0.3) is 0 Å². The Hall–Kier alpha value is -1.68. The Kier molecular flexibility index (Phi) is 10.0. The molecule has 0 fully saturated rings. The minimum atomic E-state index is -0.248. The molecular weight excluding hydrogens is 440 g/mol. The molecule has 0 amide bonds. The Morgan fingerprint density at radius 1 is 0.586 bits per heavy atom. The molecule has 156 valence electrons. The fraction of sp³-hybridized carbons (Fsp3) is 0.217. The Labute approximate surface area is 185 Å². The molecular formula is C23H22Cl3F3. The van der Waals surface area contributed by atoms with Gasteiger partial charge in [-0.25, -0.2) is 13.2 Å². The van der Waals surface area contributed by atoms with Crippen LogP contribution in [0.2, 0.25) is 15.1 Å². The molecule has 0 unspecified atom stereocenters. The van der Waals surface area contributed by atoms with Crippen molar-refractivity contribution in [3.63, 3.8) is 0 Å². The average Bonchev–Trinajstić information content (AvgIpc) is 2.66. The molecule has 6 heteroatoms. The first kappa shape index (κ1) is 25.4. The monoisotopic (exact) mass is 460 g/mol. The molecule has 0 N–H and O–H groups in total. The maximum absolute atomic E-state index is 12.9. The summed E-state index contributed by atoms with van der Waals surface area (Å²) in [6.07, 6.45) is 0. The van der Waals surface area contributed by atoms with Gasteiger partial charge in [0.05, 0.1) is 0 Å². The van der Waals surface area contributed by atoms with E-state index in [0.29, 0.717) is 37.3 Å². The smallest absolute Gasteiger partial charge is 0.130 e. The summed E-state index contributed by atoms with van der Waals surface area (Å²) in [5.74, 6) is -0.681. The average molecular weight is 462 g/mol. The van der Waals surface area contributed by atoms with E-state index in [0.717, 1.165) is 5.56 Å². The van der Waals surface area contributed by atoms with Crippen molar-refractivity contribution >= 4 is 34.8 Å². The highest BCUT2D eigenvalue weighted by atomic mass is 35.5. The van der Waals surface area contributed by atoms with E-state index in [1.807, 2.05) is 6.92 Å². The Bertz CT molecular complexity index is 915. The standard InChI is InChI=1S/2C8H8ClF.C7H6ClF/c1-5-3-7(9)6(2)8(10)4-5;1-5-3-4-7(9)6(2)8(5)10;1-5-6(8)3-2-4-7(5)9/h2*3-4H,1-2H3;2-4H,1H3. The number of rotatable bonds is 0. The molecule has 29 heavy (non-hydrogen) atoms. The molecule has 0 spiro atoms. The van der Waals surface area contributed by atoms with Crippen LogP contribution in [0.4, 0.5) is 13.2 Å². The van der Waals surface area contributed by atoms with E-state index in [1.165, 1.54) is 12.1 Å². The van der Waals surface area contributed by atoms with Crippen LogP contribution in [0, 0.1) is 52.1 Å². The molecule has 0 nitrogen and oxygen atoms in total. The van der Waals surface area contributed by atoms with Gasteiger partial charge in [0.2, 0.25) is 0 Å². The van der Waals surface area contributed by atoms with Crippen LogP contribution in [-0.4, -0.2) is 0 Å². The quantitative estimate of drug-likeness (QED) is 0.313. The highest BCUT2D eigenvalue weighted by Gasteiger charge is 2.03. The van der Waals surface area contributed by atoms with Gasteiger partial charge in [0.15, 0.2) is 0 Å². The van der Waals surface area contributed by atoms with Gasteiger partial charge in [-0.15, -0.1) is 0 Å². The molecule has 3 aromatic carbocycles. The minimum absolute atomic E-state index is 0.201. The molecule has 3 aromatic rings. The lowest BCUT2D eigenvalue weighted by Crippen LogP contribution is -1.87. The predicted octanol–water partition coefficient (Wildman–Crippen LogP) is 8.98. The van der Waals surface area contributed by atoms with Crippen molar-refractivity contribution in [2.45, 2.75) is 34.6 Å². The van der Waals surface area contributed by atoms with Crippen LogP contribution < -0.4 is 0 Å². The topological polar surface area (TPSA) is 0 Å². The lowest BCUT2D eigenvalue weighted by molar-refractivity contribution is 0.609. The van der Waals surface area contributed by atoms with Gasteiger partial charge in [0, 0.05) is 31.8 Å². The van der Waals surface area contributed by atoms with E-state index in [2.05, 4.69) is 0 Å². The van der Waals surface area contributed by atoms with Gasteiger partial charge < -0.3 is 0 Å². The van der Waals surface area contributed by atoms with Crippen LogP contribution in [-0.2, 0) is 0 Å². The summed E-state index contributed by atoms with van der Waals surface area (Å²) in [5.41, 5.74) is 3.06. The minimum Gasteiger partial charge on any atom is -0.207 e. The van der Waals surface area contributed by atoms with E-state index in [4.69, 9.17) is 34.8 Å². The molecule has 0 aromatic heterocycles. The zero-order valence-corrected chi connectivity index (χ0v) is 19.1. The first-order chi connectivity index (χ1) is 13.5. The maximum atomic E-state index is 12.9. The van der Waals surface area contributed by atoms with Crippen LogP contribution >= 0.6 is 34.8 Å². The summed E-state index contributed by atoms with van der Waals surface area (Å²) in [6, 6.07) is 11.2. The zero-order valence-electron chi connectivity index (χ0n) is 16.8. The van der Waals surface area contributed by atoms with Gasteiger partial charge in [-0.1, -0.05) is 46.9 Å². The lowest BCUT2D eigenvalue weighted by atomic mass is 10.1. The molecule has 0 aliphatic heterocycles. The highest BCUT2D eigenvalue weighted by Crippen LogP contribution is 2.20. The predicted molar refractivity (Wildman–Crippen MR) is 118 cm³/mol. The van der Waals surface area contributed by atoms with Crippen molar-refractivity contribution in [1.82, 2.24) is 0 Å². The van der Waals surface area contributed by atoms with Gasteiger partial charge in [-0.05, 0) is 76.1 Å². The van der Waals surface area contributed by atoms with Crippen molar-refractivity contribution in [2.75, 3.05) is 0 Å². The van der Waals surface area contributed by atoms with Gasteiger partial charge in [0.1, 0.15) is 17.5 Å². The molecule has 0 atom stereocenters. The van der Waals surface area contributed by atoms with Crippen LogP contribution in [0.3, 0.4) is 0 Å². The Balaban J connectivity index is 0.000000218. The lowest BCUT2D eigenvalue weighted by Gasteiger charge is -2.00. The molecule has 0 saturated heterocycles. The SMILES string of the molecule is Cc1c(F)cccc1Cl.Cc1cc(F)c(C)c(Cl)c1.Cc1ccc(Cl)c(C)c1F. The van der Waals surface area contributed by atoms with Crippen molar-refractivity contribution in [3.8, 4) is 0 Å². The first-order valence-corrected chi connectivity index (χ1v) is 9.83. The summed E-state index contributed by atoms with van der Waals surface area (Å²) in [5, 5.41) is 1.47. The maximum Gasteiger partial charge on any atom is 0.130 e. The molecule has 3 rings (SSSR count). The molecule has 0 aliphatic carbocycles. The van der Waals surface area contributed by atoms with Gasteiger partial charge in [0.25, 0.3) is 0 Å². The third-order valence-electron chi connectivity index (χ3n) is 4.14. The molecule has 0 saturated carbocycles. The van der Waals surface area contributed by atoms with Crippen molar-refractivity contribution in [3.05, 3.63) is 103 Å². The molecule has 0 aliphatic rings. The second-order valence-electron chi connectivity index (χ2n) is 6.50. The van der Waals surface area contributed by atoms with Gasteiger partial charge in [-0.3, -0.25) is 0 Å². The molecule has 0 radical (unpaired) electrons. The highest BCUT2D eigenvalue weighted by molar-refractivity contribution is 6.31. The number of hydrogen-bond acceptors (Lipinski definition) is 0. The van der Waals surface area contributed by atoms with Crippen LogP contribution in [0.15, 0.2) is 42.5 Å². The number of aryl methyl sites for hydroxylation is 2. The van der Waals surface area contributed by atoms with E-state index in [9.17, 15) is 13.2 Å². The van der Waals surface area contributed by atoms with Crippen molar-refractivity contribution < 1.29 is 13.2 Å². The number of benzene rings is 3. The Morgan fingerprint density at radius 2 is 1.14 bits per heavy atom. The summed E-state index contributed by atoms with van der Waals surface area (Å²) < 4.78 is 38.2. The van der Waals surface area contributed by atoms with Crippen molar-refractivity contribution in [1.29, 1.82) is 0 Å². The summed E-state index contributed by atoms with van der Waals surface area (Å²) in [6.45, 7) is 8.52. The summed E-state index contributed by atoms with van der Waals surface area (Å²) >= 11 is 16.9. The number of halogens is 6. The zero-order chi connectivity index (χ0) is 22.3. The normalized spacial score (nSPS) is 9.90. The molecule has 0 heterocycles. The summed E-state index contributed by atoms with van der Waals surface area (Å²) in [7, 11) is 0. The van der Waals surface area contributed by atoms with E-state index in [1.54, 1.807) is 58.0 Å². The number of hydrogen-bond donors (Lipinski definition) is 0.